The highest BCUT2D eigenvalue weighted by atomic mass is 16.1. The Labute approximate surface area is 114 Å². The molecular weight excluding hydrogens is 256 g/mol. The van der Waals surface area contributed by atoms with Crippen molar-refractivity contribution >= 4 is 17.6 Å². The first-order chi connectivity index (χ1) is 9.63. The highest BCUT2D eigenvalue weighted by Gasteiger charge is 2.11. The van der Waals surface area contributed by atoms with Gasteiger partial charge in [0.1, 0.15) is 0 Å². The minimum absolute atomic E-state index is 0.222. The fourth-order valence-corrected chi connectivity index (χ4v) is 1.89. The molecule has 0 aliphatic rings. The summed E-state index contributed by atoms with van der Waals surface area (Å²) in [6.07, 6.45) is 3.09. The molecule has 100 valence electrons. The molecule has 7 nitrogen and oxygen atoms in total. The summed E-state index contributed by atoms with van der Waals surface area (Å²) in [6.45, 7) is 3.79. The Balaban J connectivity index is 1.92. The number of carbonyl (C=O) groups excluding carboxylic acids is 1. The molecule has 0 unspecified atom stereocenters. The molecule has 7 heteroatoms. The molecule has 1 N–H and O–H groups in total. The summed E-state index contributed by atoms with van der Waals surface area (Å²) in [6, 6.07) is 5.27. The molecule has 1 amide bonds. The van der Waals surface area contributed by atoms with Crippen LogP contribution in [0.4, 0.5) is 5.95 Å². The zero-order chi connectivity index (χ0) is 14.1. The van der Waals surface area contributed by atoms with Gasteiger partial charge in [0.15, 0.2) is 0 Å². The van der Waals surface area contributed by atoms with Gasteiger partial charge in [0.05, 0.1) is 5.56 Å². The van der Waals surface area contributed by atoms with Gasteiger partial charge in [-0.05, 0) is 32.0 Å². The number of pyridine rings is 1. The Morgan fingerprint density at radius 3 is 2.90 bits per heavy atom. The second-order valence-electron chi connectivity index (χ2n) is 4.38. The molecule has 0 aliphatic carbocycles. The maximum Gasteiger partial charge on any atom is 0.259 e. The van der Waals surface area contributed by atoms with Gasteiger partial charge in [-0.2, -0.15) is 9.50 Å². The number of amides is 1. The standard InChI is InChI=1S/C13H12N6O/c1-8-6-9(2)19-13(15-8)17-12(18-19)16-11(20)10-4-3-5-14-7-10/h3-7H,1-2H3,(H,16,18,20). The van der Waals surface area contributed by atoms with Crippen LogP contribution in [0.2, 0.25) is 0 Å². The van der Waals surface area contributed by atoms with E-state index in [0.29, 0.717) is 11.3 Å². The summed E-state index contributed by atoms with van der Waals surface area (Å²) in [5.74, 6) is 0.382. The summed E-state index contributed by atoms with van der Waals surface area (Å²) in [5, 5.41) is 6.84. The van der Waals surface area contributed by atoms with E-state index in [1.54, 1.807) is 22.8 Å². The number of aryl methyl sites for hydroxylation is 2. The number of anilines is 1. The van der Waals surface area contributed by atoms with E-state index in [1.807, 2.05) is 19.9 Å². The smallest absolute Gasteiger partial charge is 0.259 e. The van der Waals surface area contributed by atoms with Crippen molar-refractivity contribution in [2.24, 2.45) is 0 Å². The topological polar surface area (TPSA) is 85.1 Å². The summed E-state index contributed by atoms with van der Waals surface area (Å²) in [5.41, 5.74) is 2.21. The Morgan fingerprint density at radius 2 is 2.15 bits per heavy atom. The molecule has 0 bridgehead atoms. The number of fused-ring (bicyclic) bond motifs is 1. The van der Waals surface area contributed by atoms with E-state index in [9.17, 15) is 4.79 Å². The maximum absolute atomic E-state index is 12.0. The molecule has 0 radical (unpaired) electrons. The lowest BCUT2D eigenvalue weighted by Gasteiger charge is -1.99. The van der Waals surface area contributed by atoms with Gasteiger partial charge < -0.3 is 0 Å². The fourth-order valence-electron chi connectivity index (χ4n) is 1.89. The Hall–Kier alpha value is -2.83. The molecule has 3 aromatic heterocycles. The number of hydrogen-bond acceptors (Lipinski definition) is 5. The Kier molecular flexibility index (Phi) is 2.86. The second kappa shape index (κ2) is 4.69. The largest absolute Gasteiger partial charge is 0.289 e. The van der Waals surface area contributed by atoms with Gasteiger partial charge in [0, 0.05) is 23.8 Å². The number of nitrogens with zero attached hydrogens (tertiary/aromatic N) is 5. The van der Waals surface area contributed by atoms with E-state index in [4.69, 9.17) is 0 Å². The first-order valence-electron chi connectivity index (χ1n) is 6.06. The van der Waals surface area contributed by atoms with Crippen LogP contribution in [-0.2, 0) is 0 Å². The average molecular weight is 268 g/mol. The molecular formula is C13H12N6O. The predicted octanol–water partition coefficient (Wildman–Crippen LogP) is 1.39. The van der Waals surface area contributed by atoms with Crippen molar-refractivity contribution in [2.75, 3.05) is 5.32 Å². The van der Waals surface area contributed by atoms with E-state index in [1.165, 1.54) is 6.20 Å². The van der Waals surface area contributed by atoms with Gasteiger partial charge in [-0.25, -0.2) is 4.98 Å². The molecule has 3 aromatic rings. The number of hydrogen-bond donors (Lipinski definition) is 1. The van der Waals surface area contributed by atoms with Crippen molar-refractivity contribution in [1.82, 2.24) is 24.6 Å². The van der Waals surface area contributed by atoms with Gasteiger partial charge in [0.25, 0.3) is 17.6 Å². The number of rotatable bonds is 2. The molecule has 3 heterocycles. The Bertz CT molecular complexity index is 780. The van der Waals surface area contributed by atoms with Crippen LogP contribution >= 0.6 is 0 Å². The molecule has 0 saturated carbocycles. The highest BCUT2D eigenvalue weighted by Crippen LogP contribution is 2.09. The second-order valence-corrected chi connectivity index (χ2v) is 4.38. The summed E-state index contributed by atoms with van der Waals surface area (Å²) < 4.78 is 1.59. The monoisotopic (exact) mass is 268 g/mol. The lowest BCUT2D eigenvalue weighted by Crippen LogP contribution is -2.13. The van der Waals surface area contributed by atoms with E-state index >= 15 is 0 Å². The van der Waals surface area contributed by atoms with Gasteiger partial charge in [-0.15, -0.1) is 5.10 Å². The van der Waals surface area contributed by atoms with Crippen LogP contribution in [0.15, 0.2) is 30.6 Å². The molecule has 0 spiro atoms. The first-order valence-corrected chi connectivity index (χ1v) is 6.06. The third-order valence-electron chi connectivity index (χ3n) is 2.77. The maximum atomic E-state index is 12.0. The fraction of sp³-hybridized carbons (Fsp3) is 0.154. The summed E-state index contributed by atoms with van der Waals surface area (Å²) in [4.78, 5) is 24.3. The molecule has 3 rings (SSSR count). The minimum atomic E-state index is -0.302. The van der Waals surface area contributed by atoms with Gasteiger partial charge in [0.2, 0.25) is 0 Å². The van der Waals surface area contributed by atoms with Crippen LogP contribution in [0.25, 0.3) is 5.78 Å². The van der Waals surface area contributed by atoms with Gasteiger partial charge >= 0.3 is 0 Å². The van der Waals surface area contributed by atoms with Crippen LogP contribution in [0, 0.1) is 13.8 Å². The van der Waals surface area contributed by atoms with E-state index in [2.05, 4.69) is 25.4 Å². The van der Waals surface area contributed by atoms with Gasteiger partial charge in [-0.3, -0.25) is 15.1 Å². The number of carbonyl (C=O) groups is 1. The van der Waals surface area contributed by atoms with E-state index in [0.717, 1.165) is 11.4 Å². The lowest BCUT2D eigenvalue weighted by molar-refractivity contribution is 0.102. The van der Waals surface area contributed by atoms with Crippen LogP contribution in [0.5, 0.6) is 0 Å². The summed E-state index contributed by atoms with van der Waals surface area (Å²) in [7, 11) is 0. The van der Waals surface area contributed by atoms with Crippen molar-refractivity contribution in [3.8, 4) is 0 Å². The molecule has 0 fully saturated rings. The molecule has 20 heavy (non-hydrogen) atoms. The third kappa shape index (κ3) is 2.20. The SMILES string of the molecule is Cc1cc(C)n2nc(NC(=O)c3cccnc3)nc2n1. The molecule has 0 aromatic carbocycles. The zero-order valence-electron chi connectivity index (χ0n) is 11.0. The van der Waals surface area contributed by atoms with Crippen molar-refractivity contribution in [3.63, 3.8) is 0 Å². The third-order valence-corrected chi connectivity index (χ3v) is 2.77. The lowest BCUT2D eigenvalue weighted by atomic mass is 10.3. The first kappa shape index (κ1) is 12.2. The predicted molar refractivity (Wildman–Crippen MR) is 72.4 cm³/mol. The van der Waals surface area contributed by atoms with Crippen molar-refractivity contribution < 1.29 is 4.79 Å². The van der Waals surface area contributed by atoms with Crippen LogP contribution in [0.1, 0.15) is 21.7 Å². The minimum Gasteiger partial charge on any atom is -0.289 e. The van der Waals surface area contributed by atoms with Crippen molar-refractivity contribution in [3.05, 3.63) is 47.5 Å². The van der Waals surface area contributed by atoms with Crippen LogP contribution in [0.3, 0.4) is 0 Å². The van der Waals surface area contributed by atoms with Crippen molar-refractivity contribution in [2.45, 2.75) is 13.8 Å². The van der Waals surface area contributed by atoms with Crippen molar-refractivity contribution in [1.29, 1.82) is 0 Å². The zero-order valence-corrected chi connectivity index (χ0v) is 11.0. The van der Waals surface area contributed by atoms with E-state index in [-0.39, 0.29) is 11.9 Å². The highest BCUT2D eigenvalue weighted by molar-refractivity contribution is 6.03. The van der Waals surface area contributed by atoms with Crippen LogP contribution in [-0.4, -0.2) is 30.5 Å². The quantitative estimate of drug-likeness (QED) is 0.759. The normalized spacial score (nSPS) is 10.7. The number of nitrogens with one attached hydrogen (secondary N) is 1. The molecule has 0 atom stereocenters. The van der Waals surface area contributed by atoms with Crippen LogP contribution < -0.4 is 5.32 Å². The Morgan fingerprint density at radius 1 is 1.30 bits per heavy atom. The van der Waals surface area contributed by atoms with E-state index < -0.39 is 0 Å². The van der Waals surface area contributed by atoms with Gasteiger partial charge in [-0.1, -0.05) is 0 Å². The number of aromatic nitrogens is 5. The summed E-state index contributed by atoms with van der Waals surface area (Å²) >= 11 is 0. The average Bonchev–Trinajstić information content (AvgIpc) is 2.82. The molecule has 0 aliphatic heterocycles. The molecule has 0 saturated heterocycles.